The van der Waals surface area contributed by atoms with Gasteiger partial charge in [0.15, 0.2) is 0 Å². The monoisotopic (exact) mass is 420 g/mol. The van der Waals surface area contributed by atoms with Crippen molar-refractivity contribution < 1.29 is 4.79 Å². The van der Waals surface area contributed by atoms with Crippen molar-refractivity contribution in [3.05, 3.63) is 98.8 Å². The topological polar surface area (TPSA) is 76.3 Å². The highest BCUT2D eigenvalue weighted by molar-refractivity contribution is 5.75. The molecule has 3 aromatic rings. The quantitative estimate of drug-likeness (QED) is 0.575. The molecule has 0 saturated heterocycles. The molecule has 0 radical (unpaired) electrons. The molecule has 0 spiro atoms. The number of anilines is 1. The van der Waals surface area contributed by atoms with Gasteiger partial charge < -0.3 is 10.2 Å². The van der Waals surface area contributed by atoms with Crippen molar-refractivity contribution >= 4 is 11.6 Å². The predicted octanol–water partition coefficient (Wildman–Crippen LogP) is 2.01. The highest BCUT2D eigenvalue weighted by Crippen LogP contribution is 2.18. The highest BCUT2D eigenvalue weighted by Gasteiger charge is 2.11. The van der Waals surface area contributed by atoms with Crippen molar-refractivity contribution in [2.75, 3.05) is 24.5 Å². The number of para-hydroxylation sites is 1. The van der Waals surface area contributed by atoms with E-state index in [4.69, 9.17) is 0 Å². The van der Waals surface area contributed by atoms with Crippen LogP contribution in [0.15, 0.2) is 76.4 Å². The van der Waals surface area contributed by atoms with Crippen LogP contribution in [0.2, 0.25) is 0 Å². The first-order valence-corrected chi connectivity index (χ1v) is 10.4. The average molecular weight is 421 g/mol. The van der Waals surface area contributed by atoms with Crippen molar-refractivity contribution in [1.29, 1.82) is 0 Å². The molecule has 1 heterocycles. The summed E-state index contributed by atoms with van der Waals surface area (Å²) < 4.78 is 2.40. The van der Waals surface area contributed by atoms with E-state index in [1.807, 2.05) is 42.5 Å². The van der Waals surface area contributed by atoms with Gasteiger partial charge in [-0.3, -0.25) is 18.7 Å². The maximum atomic E-state index is 12.7. The van der Waals surface area contributed by atoms with Gasteiger partial charge in [0.1, 0.15) is 6.54 Å². The second-order valence-electron chi connectivity index (χ2n) is 7.35. The van der Waals surface area contributed by atoms with Crippen LogP contribution in [0.25, 0.3) is 0 Å². The first kappa shape index (κ1) is 22.1. The zero-order chi connectivity index (χ0) is 22.2. The number of carbonyl (C=O) groups is 1. The molecule has 7 heteroatoms. The first-order chi connectivity index (χ1) is 15.0. The number of likely N-dealkylation sites (N-methyl/N-ethyl adjacent to an activating group) is 1. The minimum atomic E-state index is -0.499. The number of carbonyl (C=O) groups excluding carboxylic acids is 1. The molecule has 7 nitrogen and oxygen atoms in total. The van der Waals surface area contributed by atoms with Gasteiger partial charge in [-0.05, 0) is 31.0 Å². The summed E-state index contributed by atoms with van der Waals surface area (Å²) in [5, 5.41) is 2.82. The van der Waals surface area contributed by atoms with E-state index in [1.165, 1.54) is 22.4 Å². The summed E-state index contributed by atoms with van der Waals surface area (Å²) >= 11 is 0. The van der Waals surface area contributed by atoms with E-state index in [9.17, 15) is 14.4 Å². The molecule has 162 valence electrons. The van der Waals surface area contributed by atoms with Crippen LogP contribution >= 0.6 is 0 Å². The second kappa shape index (κ2) is 10.4. The van der Waals surface area contributed by atoms with Crippen LogP contribution in [-0.2, 0) is 17.9 Å². The van der Waals surface area contributed by atoms with Crippen LogP contribution in [0.5, 0.6) is 0 Å². The van der Waals surface area contributed by atoms with E-state index in [0.29, 0.717) is 19.6 Å². The number of aromatic nitrogens is 2. The van der Waals surface area contributed by atoms with Crippen LogP contribution in [0, 0.1) is 6.92 Å². The molecule has 0 atom stereocenters. The Labute approximate surface area is 181 Å². The molecule has 0 unspecified atom stereocenters. The van der Waals surface area contributed by atoms with Crippen LogP contribution in [0.3, 0.4) is 0 Å². The lowest BCUT2D eigenvalue weighted by Crippen LogP contribution is -2.44. The first-order valence-electron chi connectivity index (χ1n) is 10.4. The zero-order valence-electron chi connectivity index (χ0n) is 18.0. The standard InChI is InChI=1S/C24H28N4O3/c1-3-26(21-12-8-7-9-19(21)2)16-14-25-22(29)18-28-23(30)13-15-27(24(28)31)17-20-10-5-4-6-11-20/h4-13,15H,3,14,16-18H2,1-2H3,(H,25,29). The molecular formula is C24H28N4O3. The molecule has 0 saturated carbocycles. The van der Waals surface area contributed by atoms with Crippen LogP contribution in [0.4, 0.5) is 5.69 Å². The summed E-state index contributed by atoms with van der Waals surface area (Å²) in [5.74, 6) is -0.363. The molecule has 0 bridgehead atoms. The fourth-order valence-electron chi connectivity index (χ4n) is 3.50. The molecular weight excluding hydrogens is 392 g/mol. The fourth-order valence-corrected chi connectivity index (χ4v) is 3.50. The van der Waals surface area contributed by atoms with Crippen molar-refractivity contribution in [3.63, 3.8) is 0 Å². The van der Waals surface area contributed by atoms with Gasteiger partial charge in [-0.1, -0.05) is 48.5 Å². The van der Waals surface area contributed by atoms with Crippen molar-refractivity contribution in [1.82, 2.24) is 14.5 Å². The third-order valence-corrected chi connectivity index (χ3v) is 5.18. The lowest BCUT2D eigenvalue weighted by Gasteiger charge is -2.25. The fraction of sp³-hybridized carbons (Fsp3) is 0.292. The van der Waals surface area contributed by atoms with Gasteiger partial charge >= 0.3 is 5.69 Å². The van der Waals surface area contributed by atoms with Crippen molar-refractivity contribution in [3.8, 4) is 0 Å². The molecule has 2 aromatic carbocycles. The smallest absolute Gasteiger partial charge is 0.331 e. The molecule has 31 heavy (non-hydrogen) atoms. The Kier molecular flexibility index (Phi) is 7.43. The SMILES string of the molecule is CCN(CCNC(=O)Cn1c(=O)ccn(Cc2ccccc2)c1=O)c1ccccc1C. The average Bonchev–Trinajstić information content (AvgIpc) is 2.78. The van der Waals surface area contributed by atoms with E-state index in [-0.39, 0.29) is 12.5 Å². The normalized spacial score (nSPS) is 10.6. The summed E-state index contributed by atoms with van der Waals surface area (Å²) in [6.45, 7) is 6.01. The Hall–Kier alpha value is -3.61. The number of benzene rings is 2. The highest BCUT2D eigenvalue weighted by atomic mass is 16.2. The Morgan fingerprint density at radius 2 is 1.71 bits per heavy atom. The number of aryl methyl sites for hydroxylation is 1. The van der Waals surface area contributed by atoms with E-state index >= 15 is 0 Å². The zero-order valence-corrected chi connectivity index (χ0v) is 18.0. The van der Waals surface area contributed by atoms with E-state index in [1.54, 1.807) is 0 Å². The van der Waals surface area contributed by atoms with Crippen LogP contribution in [0.1, 0.15) is 18.1 Å². The molecule has 0 aliphatic carbocycles. The van der Waals surface area contributed by atoms with Gasteiger partial charge in [0, 0.05) is 37.6 Å². The van der Waals surface area contributed by atoms with Gasteiger partial charge in [0.25, 0.3) is 5.56 Å². The minimum absolute atomic E-state index is 0.302. The number of hydrogen-bond donors (Lipinski definition) is 1. The Bertz CT molecular complexity index is 1140. The molecule has 0 aliphatic heterocycles. The number of nitrogens with zero attached hydrogens (tertiary/aromatic N) is 3. The lowest BCUT2D eigenvalue weighted by atomic mass is 10.2. The molecule has 1 N–H and O–H groups in total. The molecule has 1 amide bonds. The summed E-state index contributed by atoms with van der Waals surface area (Å²) in [4.78, 5) is 39.5. The number of amides is 1. The van der Waals surface area contributed by atoms with Crippen LogP contribution < -0.4 is 21.5 Å². The third-order valence-electron chi connectivity index (χ3n) is 5.18. The van der Waals surface area contributed by atoms with E-state index < -0.39 is 11.2 Å². The second-order valence-corrected chi connectivity index (χ2v) is 7.35. The predicted molar refractivity (Wildman–Crippen MR) is 123 cm³/mol. The summed E-state index contributed by atoms with van der Waals surface area (Å²) in [6, 6.07) is 18.9. The third kappa shape index (κ3) is 5.72. The molecule has 1 aromatic heterocycles. The molecule has 3 rings (SSSR count). The summed E-state index contributed by atoms with van der Waals surface area (Å²) in [7, 11) is 0. The summed E-state index contributed by atoms with van der Waals surface area (Å²) in [5.41, 5.74) is 2.25. The van der Waals surface area contributed by atoms with Crippen molar-refractivity contribution in [2.45, 2.75) is 26.9 Å². The van der Waals surface area contributed by atoms with E-state index in [2.05, 4.69) is 36.2 Å². The maximum absolute atomic E-state index is 12.7. The van der Waals surface area contributed by atoms with Gasteiger partial charge in [-0.25, -0.2) is 4.79 Å². The number of rotatable bonds is 9. The maximum Gasteiger partial charge on any atom is 0.331 e. The number of nitrogens with one attached hydrogen (secondary N) is 1. The van der Waals surface area contributed by atoms with Gasteiger partial charge in [-0.15, -0.1) is 0 Å². The van der Waals surface area contributed by atoms with E-state index in [0.717, 1.165) is 22.4 Å². The van der Waals surface area contributed by atoms with Crippen molar-refractivity contribution in [2.24, 2.45) is 0 Å². The lowest BCUT2D eigenvalue weighted by molar-refractivity contribution is -0.121. The van der Waals surface area contributed by atoms with Gasteiger partial charge in [0.05, 0.1) is 6.54 Å². The van der Waals surface area contributed by atoms with Gasteiger partial charge in [0.2, 0.25) is 5.91 Å². The minimum Gasteiger partial charge on any atom is -0.370 e. The number of hydrogen-bond acceptors (Lipinski definition) is 4. The largest absolute Gasteiger partial charge is 0.370 e. The Morgan fingerprint density at radius 3 is 2.42 bits per heavy atom. The molecule has 0 aliphatic rings. The van der Waals surface area contributed by atoms with Gasteiger partial charge in [-0.2, -0.15) is 0 Å². The Balaban J connectivity index is 1.62. The van der Waals surface area contributed by atoms with Crippen LogP contribution in [-0.4, -0.2) is 34.7 Å². The Morgan fingerprint density at radius 1 is 1.00 bits per heavy atom. The summed E-state index contributed by atoms with van der Waals surface area (Å²) in [6.07, 6.45) is 1.47. The molecule has 0 fully saturated rings.